The van der Waals surface area contributed by atoms with Crippen molar-refractivity contribution in [2.75, 3.05) is 40.4 Å². The molecule has 0 saturated carbocycles. The molecule has 0 radical (unpaired) electrons. The summed E-state index contributed by atoms with van der Waals surface area (Å²) in [5.41, 5.74) is 0.680. The number of halogens is 2. The van der Waals surface area contributed by atoms with Crippen LogP contribution in [0.2, 0.25) is 5.02 Å². The molecule has 1 aliphatic heterocycles. The Morgan fingerprint density at radius 2 is 2.25 bits per heavy atom. The molecule has 6 heteroatoms. The fourth-order valence-electron chi connectivity index (χ4n) is 3.16. The lowest BCUT2D eigenvalue weighted by atomic mass is 9.84. The number of rotatable bonds is 5. The summed E-state index contributed by atoms with van der Waals surface area (Å²) < 4.78 is 18.5. The quantitative estimate of drug-likeness (QED) is 0.650. The fraction of sp³-hybridized carbons (Fsp3) is 0.611. The number of methoxy groups -OCH3 is 1. The molecule has 0 aliphatic carbocycles. The molecule has 0 spiro atoms. The third-order valence-corrected chi connectivity index (χ3v) is 4.86. The summed E-state index contributed by atoms with van der Waals surface area (Å²) in [5, 5.41) is 3.89. The van der Waals surface area contributed by atoms with E-state index in [0.717, 1.165) is 37.6 Å². The van der Waals surface area contributed by atoms with Crippen molar-refractivity contribution in [3.05, 3.63) is 34.6 Å². The van der Waals surface area contributed by atoms with Crippen LogP contribution in [0.15, 0.2) is 23.2 Å². The van der Waals surface area contributed by atoms with Gasteiger partial charge in [0, 0.05) is 50.1 Å². The van der Waals surface area contributed by atoms with E-state index in [1.54, 1.807) is 20.2 Å². The van der Waals surface area contributed by atoms with E-state index in [4.69, 9.17) is 16.3 Å². The predicted octanol–water partition coefficient (Wildman–Crippen LogP) is 3.30. The van der Waals surface area contributed by atoms with Gasteiger partial charge >= 0.3 is 0 Å². The predicted molar refractivity (Wildman–Crippen MR) is 97.4 cm³/mol. The van der Waals surface area contributed by atoms with E-state index in [1.165, 1.54) is 12.1 Å². The summed E-state index contributed by atoms with van der Waals surface area (Å²) in [6.07, 6.45) is 1.11. The molecule has 1 N–H and O–H groups in total. The summed E-state index contributed by atoms with van der Waals surface area (Å²) in [7, 11) is 3.54. The lowest BCUT2D eigenvalue weighted by Crippen LogP contribution is -2.45. The molecule has 1 heterocycles. The first-order valence-electron chi connectivity index (χ1n) is 8.27. The van der Waals surface area contributed by atoms with Crippen LogP contribution in [0.5, 0.6) is 0 Å². The van der Waals surface area contributed by atoms with Gasteiger partial charge in [-0.3, -0.25) is 4.99 Å². The van der Waals surface area contributed by atoms with E-state index in [0.29, 0.717) is 17.5 Å². The monoisotopic (exact) mass is 355 g/mol. The first-order chi connectivity index (χ1) is 11.4. The Morgan fingerprint density at radius 3 is 2.88 bits per heavy atom. The first kappa shape index (κ1) is 19.0. The minimum atomic E-state index is -0.315. The van der Waals surface area contributed by atoms with Gasteiger partial charge in [0.1, 0.15) is 5.82 Å². The number of ether oxygens (including phenoxy) is 1. The van der Waals surface area contributed by atoms with E-state index in [2.05, 4.69) is 29.1 Å². The van der Waals surface area contributed by atoms with Crippen LogP contribution in [0, 0.1) is 11.7 Å². The third-order valence-electron chi connectivity index (χ3n) is 4.55. The lowest BCUT2D eigenvalue weighted by molar-refractivity contribution is 0.157. The summed E-state index contributed by atoms with van der Waals surface area (Å²) in [6.45, 7) is 7.55. The third kappa shape index (κ3) is 4.61. The molecule has 2 rings (SSSR count). The molecule has 24 heavy (non-hydrogen) atoms. The highest BCUT2D eigenvalue weighted by Crippen LogP contribution is 2.30. The van der Waals surface area contributed by atoms with E-state index in [9.17, 15) is 4.39 Å². The van der Waals surface area contributed by atoms with E-state index < -0.39 is 0 Å². The highest BCUT2D eigenvalue weighted by Gasteiger charge is 2.28. The van der Waals surface area contributed by atoms with Crippen LogP contribution in [0.25, 0.3) is 0 Å². The number of aliphatic imine (C=N–C) groups is 1. The minimum Gasteiger partial charge on any atom is -0.384 e. The molecule has 1 aromatic rings. The Labute approximate surface area is 149 Å². The SMILES string of the molecule is CN=C(NCC(C)(C)c1ccc(F)cc1Cl)N1CCC(COC)C1. The molecule has 4 nitrogen and oxygen atoms in total. The molecule has 1 saturated heterocycles. The maximum atomic E-state index is 13.3. The van der Waals surface area contributed by atoms with E-state index in [-0.39, 0.29) is 11.2 Å². The molecule has 0 aromatic heterocycles. The van der Waals surface area contributed by atoms with Crippen LogP contribution in [0.1, 0.15) is 25.8 Å². The number of benzene rings is 1. The van der Waals surface area contributed by atoms with Crippen molar-refractivity contribution in [3.8, 4) is 0 Å². The van der Waals surface area contributed by atoms with Crippen LogP contribution in [0.3, 0.4) is 0 Å². The van der Waals surface area contributed by atoms with Crippen molar-refractivity contribution in [3.63, 3.8) is 0 Å². The summed E-state index contributed by atoms with van der Waals surface area (Å²) in [5.74, 6) is 1.12. The smallest absolute Gasteiger partial charge is 0.193 e. The molecule has 1 unspecified atom stereocenters. The topological polar surface area (TPSA) is 36.9 Å². The van der Waals surface area contributed by atoms with Gasteiger partial charge in [0.15, 0.2) is 5.96 Å². The van der Waals surface area contributed by atoms with Crippen molar-refractivity contribution < 1.29 is 9.13 Å². The minimum absolute atomic E-state index is 0.244. The largest absolute Gasteiger partial charge is 0.384 e. The average molecular weight is 356 g/mol. The summed E-state index contributed by atoms with van der Waals surface area (Å²) in [6, 6.07) is 4.57. The van der Waals surface area contributed by atoms with Gasteiger partial charge < -0.3 is 15.0 Å². The average Bonchev–Trinajstić information content (AvgIpc) is 2.96. The van der Waals surface area contributed by atoms with Gasteiger partial charge in [-0.25, -0.2) is 4.39 Å². The molecule has 1 aromatic carbocycles. The summed E-state index contributed by atoms with van der Waals surface area (Å²) >= 11 is 6.22. The van der Waals surface area contributed by atoms with Gasteiger partial charge in [0.05, 0.1) is 6.61 Å². The van der Waals surface area contributed by atoms with Gasteiger partial charge in [-0.2, -0.15) is 0 Å². The number of likely N-dealkylation sites (tertiary alicyclic amines) is 1. The van der Waals surface area contributed by atoms with Crippen molar-refractivity contribution >= 4 is 17.6 Å². The van der Waals surface area contributed by atoms with E-state index >= 15 is 0 Å². The van der Waals surface area contributed by atoms with Crippen molar-refractivity contribution in [1.29, 1.82) is 0 Å². The standard InChI is InChI=1S/C18H27ClFN3O/c1-18(2,15-6-5-14(20)9-16(15)19)12-22-17(21-3)23-8-7-13(10-23)11-24-4/h5-6,9,13H,7-8,10-12H2,1-4H3,(H,21,22). The van der Waals surface area contributed by atoms with Crippen LogP contribution in [-0.2, 0) is 10.2 Å². The fourth-order valence-corrected chi connectivity index (χ4v) is 3.59. The molecular weight excluding hydrogens is 329 g/mol. The van der Waals surface area contributed by atoms with Crippen LogP contribution >= 0.6 is 11.6 Å². The number of hydrogen-bond donors (Lipinski definition) is 1. The van der Waals surface area contributed by atoms with Crippen molar-refractivity contribution in [2.45, 2.75) is 25.7 Å². The van der Waals surface area contributed by atoms with Crippen LogP contribution in [-0.4, -0.2) is 51.3 Å². The second kappa shape index (κ2) is 8.17. The van der Waals surface area contributed by atoms with Gasteiger partial charge in [0.2, 0.25) is 0 Å². The zero-order valence-corrected chi connectivity index (χ0v) is 15.7. The Hall–Kier alpha value is -1.33. The second-order valence-corrected chi connectivity index (χ2v) is 7.37. The summed E-state index contributed by atoms with van der Waals surface area (Å²) in [4.78, 5) is 6.65. The molecular formula is C18H27ClFN3O. The normalized spacial score (nSPS) is 19.0. The Bertz CT molecular complexity index is 592. The second-order valence-electron chi connectivity index (χ2n) is 6.96. The van der Waals surface area contributed by atoms with Gasteiger partial charge in [0.25, 0.3) is 0 Å². The maximum Gasteiger partial charge on any atom is 0.193 e. The molecule has 1 atom stereocenters. The molecule has 0 amide bonds. The van der Waals surface area contributed by atoms with Gasteiger partial charge in [-0.15, -0.1) is 0 Å². The van der Waals surface area contributed by atoms with Gasteiger partial charge in [-0.1, -0.05) is 31.5 Å². The van der Waals surface area contributed by atoms with Crippen molar-refractivity contribution in [2.24, 2.45) is 10.9 Å². The highest BCUT2D eigenvalue weighted by molar-refractivity contribution is 6.31. The number of nitrogens with zero attached hydrogens (tertiary/aromatic N) is 2. The molecule has 134 valence electrons. The molecule has 0 bridgehead atoms. The number of hydrogen-bond acceptors (Lipinski definition) is 2. The Morgan fingerprint density at radius 1 is 1.50 bits per heavy atom. The van der Waals surface area contributed by atoms with Crippen LogP contribution < -0.4 is 5.32 Å². The highest BCUT2D eigenvalue weighted by atomic mass is 35.5. The molecule has 1 aliphatic rings. The molecule has 1 fully saturated rings. The first-order valence-corrected chi connectivity index (χ1v) is 8.65. The zero-order valence-electron chi connectivity index (χ0n) is 14.9. The zero-order chi connectivity index (χ0) is 17.7. The Kier molecular flexibility index (Phi) is 6.47. The number of guanidine groups is 1. The van der Waals surface area contributed by atoms with Gasteiger partial charge in [-0.05, 0) is 24.1 Å². The van der Waals surface area contributed by atoms with Crippen LogP contribution in [0.4, 0.5) is 4.39 Å². The maximum absolute atomic E-state index is 13.3. The Balaban J connectivity index is 1.99. The number of nitrogens with one attached hydrogen (secondary N) is 1. The van der Waals surface area contributed by atoms with Crippen molar-refractivity contribution in [1.82, 2.24) is 10.2 Å². The van der Waals surface area contributed by atoms with E-state index in [1.807, 2.05) is 0 Å². The lowest BCUT2D eigenvalue weighted by Gasteiger charge is -2.30.